The lowest BCUT2D eigenvalue weighted by molar-refractivity contribution is -0.116. The van der Waals surface area contributed by atoms with E-state index in [1.165, 1.54) is 0 Å². The second-order valence-corrected chi connectivity index (χ2v) is 6.07. The largest absolute Gasteiger partial charge is 0.469 e. The molecule has 26 heavy (non-hydrogen) atoms. The molecule has 1 heterocycles. The van der Waals surface area contributed by atoms with E-state index in [2.05, 4.69) is 10.6 Å². The smallest absolute Gasteiger partial charge is 0.257 e. The zero-order valence-corrected chi connectivity index (χ0v) is 14.6. The van der Waals surface area contributed by atoms with Crippen LogP contribution in [0.4, 0.5) is 11.4 Å². The molecule has 0 aliphatic rings. The number of para-hydroxylation sites is 1. The van der Waals surface area contributed by atoms with Gasteiger partial charge in [0.05, 0.1) is 17.5 Å². The SMILES string of the molecule is O=C(CCc1ccco1)Nc1ccccc1C(=O)Nc1ccc(Cl)cc1. The molecule has 2 aromatic carbocycles. The van der Waals surface area contributed by atoms with Crippen LogP contribution < -0.4 is 10.6 Å². The quantitative estimate of drug-likeness (QED) is 0.659. The molecule has 5 nitrogen and oxygen atoms in total. The first kappa shape index (κ1) is 17.8. The van der Waals surface area contributed by atoms with Crippen LogP contribution in [0.15, 0.2) is 71.3 Å². The van der Waals surface area contributed by atoms with E-state index in [0.717, 1.165) is 5.76 Å². The van der Waals surface area contributed by atoms with Gasteiger partial charge < -0.3 is 15.1 Å². The van der Waals surface area contributed by atoms with Crippen LogP contribution in [0.5, 0.6) is 0 Å². The molecule has 0 bridgehead atoms. The van der Waals surface area contributed by atoms with Gasteiger partial charge in [-0.2, -0.15) is 0 Å². The summed E-state index contributed by atoms with van der Waals surface area (Å²) in [5.41, 5.74) is 1.47. The highest BCUT2D eigenvalue weighted by atomic mass is 35.5. The fourth-order valence-corrected chi connectivity index (χ4v) is 2.55. The van der Waals surface area contributed by atoms with Gasteiger partial charge >= 0.3 is 0 Å². The topological polar surface area (TPSA) is 71.3 Å². The number of anilines is 2. The lowest BCUT2D eigenvalue weighted by atomic mass is 10.1. The Morgan fingerprint density at radius 3 is 2.42 bits per heavy atom. The second kappa shape index (κ2) is 8.36. The molecule has 0 saturated carbocycles. The molecule has 0 atom stereocenters. The highest BCUT2D eigenvalue weighted by Gasteiger charge is 2.13. The first-order chi connectivity index (χ1) is 12.6. The molecule has 0 radical (unpaired) electrons. The molecule has 2 N–H and O–H groups in total. The Labute approximate surface area is 156 Å². The predicted octanol–water partition coefficient (Wildman–Crippen LogP) is 4.76. The summed E-state index contributed by atoms with van der Waals surface area (Å²) >= 11 is 5.85. The highest BCUT2D eigenvalue weighted by Crippen LogP contribution is 2.19. The average Bonchev–Trinajstić information content (AvgIpc) is 3.16. The van der Waals surface area contributed by atoms with Gasteiger partial charge in [0, 0.05) is 23.6 Å². The molecule has 0 unspecified atom stereocenters. The number of aryl methyl sites for hydroxylation is 1. The second-order valence-electron chi connectivity index (χ2n) is 5.63. The Kier molecular flexibility index (Phi) is 5.71. The van der Waals surface area contributed by atoms with Crippen LogP contribution >= 0.6 is 11.6 Å². The van der Waals surface area contributed by atoms with Gasteiger partial charge in [0.1, 0.15) is 5.76 Å². The minimum absolute atomic E-state index is 0.187. The molecule has 0 saturated heterocycles. The van der Waals surface area contributed by atoms with E-state index in [1.54, 1.807) is 60.9 Å². The lowest BCUT2D eigenvalue weighted by Crippen LogP contribution is -2.18. The minimum atomic E-state index is -0.311. The van der Waals surface area contributed by atoms with Gasteiger partial charge in [0.25, 0.3) is 5.91 Å². The van der Waals surface area contributed by atoms with Crippen molar-refractivity contribution in [3.8, 4) is 0 Å². The molecule has 3 aromatic rings. The Morgan fingerprint density at radius 1 is 0.923 bits per heavy atom. The number of carbonyl (C=O) groups is 2. The van der Waals surface area contributed by atoms with Gasteiger partial charge in [-0.25, -0.2) is 0 Å². The van der Waals surface area contributed by atoms with Crippen LogP contribution in [-0.2, 0) is 11.2 Å². The number of nitrogens with one attached hydrogen (secondary N) is 2. The zero-order chi connectivity index (χ0) is 18.4. The van der Waals surface area contributed by atoms with E-state index in [-0.39, 0.29) is 18.2 Å². The molecule has 0 spiro atoms. The van der Waals surface area contributed by atoms with Gasteiger partial charge in [-0.1, -0.05) is 23.7 Å². The predicted molar refractivity (Wildman–Crippen MR) is 102 cm³/mol. The molecular formula is C20H17ClN2O3. The van der Waals surface area contributed by atoms with Crippen molar-refractivity contribution >= 4 is 34.8 Å². The van der Waals surface area contributed by atoms with Gasteiger partial charge in [-0.15, -0.1) is 0 Å². The van der Waals surface area contributed by atoms with Crippen LogP contribution in [0.2, 0.25) is 5.02 Å². The van der Waals surface area contributed by atoms with Crippen LogP contribution in [0.1, 0.15) is 22.5 Å². The van der Waals surface area contributed by atoms with Gasteiger partial charge in [-0.05, 0) is 48.5 Å². The lowest BCUT2D eigenvalue weighted by Gasteiger charge is -2.11. The van der Waals surface area contributed by atoms with E-state index in [4.69, 9.17) is 16.0 Å². The van der Waals surface area contributed by atoms with Crippen LogP contribution in [-0.4, -0.2) is 11.8 Å². The monoisotopic (exact) mass is 368 g/mol. The summed E-state index contributed by atoms with van der Waals surface area (Å²) in [5.74, 6) is 0.247. The minimum Gasteiger partial charge on any atom is -0.469 e. The van der Waals surface area contributed by atoms with Crippen molar-refractivity contribution in [2.75, 3.05) is 10.6 Å². The third-order valence-electron chi connectivity index (χ3n) is 3.73. The van der Waals surface area contributed by atoms with E-state index >= 15 is 0 Å². The molecule has 6 heteroatoms. The Bertz CT molecular complexity index is 890. The Balaban J connectivity index is 1.66. The van der Waals surface area contributed by atoms with E-state index in [0.29, 0.717) is 28.4 Å². The Hall–Kier alpha value is -3.05. The molecule has 3 rings (SSSR count). The number of hydrogen-bond donors (Lipinski definition) is 2. The summed E-state index contributed by atoms with van der Waals surface area (Å²) in [5, 5.41) is 6.17. The molecule has 0 fully saturated rings. The van der Waals surface area contributed by atoms with Crippen molar-refractivity contribution in [3.05, 3.63) is 83.3 Å². The van der Waals surface area contributed by atoms with Gasteiger partial charge in [0.15, 0.2) is 0 Å². The van der Waals surface area contributed by atoms with Crippen LogP contribution in [0, 0.1) is 0 Å². The number of rotatable bonds is 6. The zero-order valence-electron chi connectivity index (χ0n) is 13.9. The summed E-state index contributed by atoms with van der Waals surface area (Å²) in [7, 11) is 0. The van der Waals surface area contributed by atoms with E-state index < -0.39 is 0 Å². The van der Waals surface area contributed by atoms with Crippen molar-refractivity contribution < 1.29 is 14.0 Å². The third kappa shape index (κ3) is 4.74. The summed E-state index contributed by atoms with van der Waals surface area (Å²) < 4.78 is 5.22. The van der Waals surface area contributed by atoms with Crippen LogP contribution in [0.25, 0.3) is 0 Å². The maximum atomic E-state index is 12.5. The number of halogens is 1. The molecular weight excluding hydrogens is 352 g/mol. The number of furan rings is 1. The summed E-state index contributed by atoms with van der Waals surface area (Å²) in [6.45, 7) is 0. The maximum absolute atomic E-state index is 12.5. The molecule has 0 aliphatic carbocycles. The van der Waals surface area contributed by atoms with Crippen molar-refractivity contribution in [1.82, 2.24) is 0 Å². The maximum Gasteiger partial charge on any atom is 0.257 e. The summed E-state index contributed by atoms with van der Waals surface area (Å²) in [6.07, 6.45) is 2.34. The van der Waals surface area contributed by atoms with Crippen LogP contribution in [0.3, 0.4) is 0 Å². The number of carbonyl (C=O) groups excluding carboxylic acids is 2. The number of hydrogen-bond acceptors (Lipinski definition) is 3. The van der Waals surface area contributed by atoms with Crippen molar-refractivity contribution in [2.24, 2.45) is 0 Å². The van der Waals surface area contributed by atoms with Crippen molar-refractivity contribution in [3.63, 3.8) is 0 Å². The van der Waals surface area contributed by atoms with E-state index in [9.17, 15) is 9.59 Å². The molecule has 2 amide bonds. The van der Waals surface area contributed by atoms with Crippen molar-refractivity contribution in [1.29, 1.82) is 0 Å². The first-order valence-electron chi connectivity index (χ1n) is 8.10. The third-order valence-corrected chi connectivity index (χ3v) is 3.98. The first-order valence-corrected chi connectivity index (χ1v) is 8.48. The fraction of sp³-hybridized carbons (Fsp3) is 0.100. The standard InChI is InChI=1S/C20H17ClN2O3/c21-14-7-9-15(10-8-14)22-20(25)17-5-1-2-6-18(17)23-19(24)12-11-16-4-3-13-26-16/h1-10,13H,11-12H2,(H,22,25)(H,23,24). The number of benzene rings is 2. The molecule has 0 aliphatic heterocycles. The van der Waals surface area contributed by atoms with E-state index in [1.807, 2.05) is 6.07 Å². The number of amides is 2. The normalized spacial score (nSPS) is 10.3. The highest BCUT2D eigenvalue weighted by molar-refractivity contribution is 6.30. The fourth-order valence-electron chi connectivity index (χ4n) is 2.43. The average molecular weight is 369 g/mol. The summed E-state index contributed by atoms with van der Waals surface area (Å²) in [6, 6.07) is 17.3. The Morgan fingerprint density at radius 2 is 1.69 bits per heavy atom. The van der Waals surface area contributed by atoms with Gasteiger partial charge in [0.2, 0.25) is 5.91 Å². The van der Waals surface area contributed by atoms with Gasteiger partial charge in [-0.3, -0.25) is 9.59 Å². The molecule has 132 valence electrons. The van der Waals surface area contributed by atoms with Crippen molar-refractivity contribution in [2.45, 2.75) is 12.8 Å². The summed E-state index contributed by atoms with van der Waals surface area (Å²) in [4.78, 5) is 24.7. The molecule has 1 aromatic heterocycles.